The van der Waals surface area contributed by atoms with Crippen LogP contribution in [0.5, 0.6) is 0 Å². The van der Waals surface area contributed by atoms with Crippen molar-refractivity contribution in [3.05, 3.63) is 0 Å². The molecule has 0 aromatic heterocycles. The van der Waals surface area contributed by atoms with Crippen molar-refractivity contribution in [3.63, 3.8) is 0 Å². The van der Waals surface area contributed by atoms with Crippen LogP contribution in [-0.2, 0) is 24.4 Å². The predicted octanol–water partition coefficient (Wildman–Crippen LogP) is 9.98. The maximum atomic E-state index is 14.1. The van der Waals surface area contributed by atoms with Gasteiger partial charge in [-0.1, -0.05) is 206 Å². The fourth-order valence-corrected chi connectivity index (χ4v) is 11.2. The Morgan fingerprint density at radius 1 is 0.397 bits per heavy atom. The fraction of sp³-hybridized carbons (Fsp3) is 0.943. The number of carboxylic acid groups (broad SMARTS) is 3. The fourth-order valence-electron chi connectivity index (χ4n) is 9.57. The summed E-state index contributed by atoms with van der Waals surface area (Å²) in [5, 5.41) is 40.1. The van der Waals surface area contributed by atoms with Crippen molar-refractivity contribution in [1.29, 1.82) is 0 Å². The largest absolute Gasteiger partial charge is 0.480 e. The molecule has 68 heavy (non-hydrogen) atoms. The molecule has 1 aliphatic rings. The minimum Gasteiger partial charge on any atom is -0.480 e. The minimum atomic E-state index is -3.80. The molecule has 0 amide bonds. The molecular formula is C53H105N5O9S. The minimum absolute atomic E-state index is 0.0398. The van der Waals surface area contributed by atoms with E-state index in [1.165, 1.54) is 167 Å². The van der Waals surface area contributed by atoms with Crippen molar-refractivity contribution in [3.8, 4) is 0 Å². The molecule has 14 nitrogen and oxygen atoms in total. The Hall–Kier alpha value is -1.88. The highest BCUT2D eigenvalue weighted by molar-refractivity contribution is 7.89. The van der Waals surface area contributed by atoms with Gasteiger partial charge < -0.3 is 20.4 Å². The molecule has 0 saturated carbocycles. The third-order valence-electron chi connectivity index (χ3n) is 13.8. The van der Waals surface area contributed by atoms with Gasteiger partial charge in [-0.2, -0.15) is 0 Å². The Morgan fingerprint density at radius 3 is 0.853 bits per heavy atom. The number of aliphatic hydroxyl groups is 1. The monoisotopic (exact) mass is 988 g/mol. The average molecular weight is 989 g/mol. The van der Waals surface area contributed by atoms with Gasteiger partial charge in [0.1, 0.15) is 0 Å². The highest BCUT2D eigenvalue weighted by Gasteiger charge is 2.27. The summed E-state index contributed by atoms with van der Waals surface area (Å²) in [4.78, 5) is 42.1. The second kappa shape index (κ2) is 43.9. The second-order valence-corrected chi connectivity index (χ2v) is 22.3. The molecule has 1 rings (SSSR count). The normalized spacial score (nSPS) is 15.9. The van der Waals surface area contributed by atoms with Crippen LogP contribution in [-0.4, -0.2) is 174 Å². The van der Waals surface area contributed by atoms with Gasteiger partial charge in [0.05, 0.1) is 31.5 Å². The highest BCUT2D eigenvalue weighted by atomic mass is 32.2. The van der Waals surface area contributed by atoms with Crippen LogP contribution in [0.25, 0.3) is 0 Å². The van der Waals surface area contributed by atoms with E-state index in [9.17, 15) is 43.2 Å². The zero-order chi connectivity index (χ0) is 49.9. The third kappa shape index (κ3) is 38.8. The summed E-state index contributed by atoms with van der Waals surface area (Å²) < 4.78 is 29.8. The van der Waals surface area contributed by atoms with E-state index in [-0.39, 0.29) is 52.4 Å². The molecule has 402 valence electrons. The number of aliphatic hydroxyl groups excluding tert-OH is 1. The Balaban J connectivity index is 2.76. The summed E-state index contributed by atoms with van der Waals surface area (Å²) >= 11 is 0. The van der Waals surface area contributed by atoms with E-state index in [2.05, 4.69) is 13.8 Å². The number of hydrogen-bond acceptors (Lipinski definition) is 10. The first-order chi connectivity index (χ1) is 32.9. The van der Waals surface area contributed by atoms with Gasteiger partial charge in [-0.3, -0.25) is 34.0 Å². The number of rotatable bonds is 45. The van der Waals surface area contributed by atoms with Crippen molar-refractivity contribution in [2.45, 2.75) is 225 Å². The summed E-state index contributed by atoms with van der Waals surface area (Å²) in [6, 6.07) is 0. The molecule has 1 heterocycles. The van der Waals surface area contributed by atoms with Gasteiger partial charge in [0.25, 0.3) is 0 Å². The molecule has 1 unspecified atom stereocenters. The molecule has 4 N–H and O–H groups in total. The zero-order valence-corrected chi connectivity index (χ0v) is 44.6. The van der Waals surface area contributed by atoms with Gasteiger partial charge in [0.15, 0.2) is 0 Å². The summed E-state index contributed by atoms with van der Waals surface area (Å²) in [5.74, 6) is -3.46. The van der Waals surface area contributed by atoms with Crippen LogP contribution in [0.1, 0.15) is 219 Å². The first kappa shape index (κ1) is 64.1. The quantitative estimate of drug-likeness (QED) is 0.0424. The molecule has 1 fully saturated rings. The summed E-state index contributed by atoms with van der Waals surface area (Å²) in [5.41, 5.74) is 0. The van der Waals surface area contributed by atoms with E-state index in [1.807, 2.05) is 4.90 Å². The first-order valence-electron chi connectivity index (χ1n) is 28.1. The molecule has 0 aromatic carbocycles. The van der Waals surface area contributed by atoms with E-state index in [4.69, 9.17) is 0 Å². The second-order valence-electron chi connectivity index (χ2n) is 20.2. The lowest BCUT2D eigenvalue weighted by Gasteiger charge is -2.34. The molecule has 0 aromatic rings. The number of nitrogens with zero attached hydrogens (tertiary/aromatic N) is 5. The number of unbranched alkanes of at least 4 members (excludes halogenated alkanes) is 30. The zero-order valence-electron chi connectivity index (χ0n) is 43.8. The van der Waals surface area contributed by atoms with Crippen molar-refractivity contribution < 1.29 is 43.2 Å². The Labute approximate surface area is 416 Å². The van der Waals surface area contributed by atoms with E-state index in [1.54, 1.807) is 19.0 Å². The first-order valence-corrected chi connectivity index (χ1v) is 29.7. The predicted molar refractivity (Wildman–Crippen MR) is 279 cm³/mol. The van der Waals surface area contributed by atoms with Crippen LogP contribution in [0, 0.1) is 0 Å². The molecule has 0 aliphatic carbocycles. The SMILES string of the molecule is CCCCCCCCCCCCCCCCCCN(CCCCCCCCCCCCCCCCCC)S(=O)(=O)CC(O)CN1CCN(CC(=O)O)CCN(CC(=O)O)CCN(CC(=O)O)CC1. The average Bonchev–Trinajstić information content (AvgIpc) is 3.28. The topological polar surface area (TPSA) is 182 Å². The van der Waals surface area contributed by atoms with E-state index in [0.717, 1.165) is 38.5 Å². The van der Waals surface area contributed by atoms with Gasteiger partial charge >= 0.3 is 17.9 Å². The highest BCUT2D eigenvalue weighted by Crippen LogP contribution is 2.18. The van der Waals surface area contributed by atoms with Crippen molar-refractivity contribution in [2.75, 3.05) is 97.4 Å². The van der Waals surface area contributed by atoms with Crippen LogP contribution in [0.2, 0.25) is 0 Å². The van der Waals surface area contributed by atoms with Gasteiger partial charge in [-0.05, 0) is 12.8 Å². The Morgan fingerprint density at radius 2 is 0.618 bits per heavy atom. The molecule has 15 heteroatoms. The molecular weight excluding hydrogens is 883 g/mol. The van der Waals surface area contributed by atoms with Gasteiger partial charge in [-0.25, -0.2) is 12.7 Å². The van der Waals surface area contributed by atoms with Crippen molar-refractivity contribution in [1.82, 2.24) is 23.9 Å². The van der Waals surface area contributed by atoms with Crippen LogP contribution in [0.15, 0.2) is 0 Å². The number of sulfonamides is 1. The van der Waals surface area contributed by atoms with Crippen LogP contribution in [0.4, 0.5) is 0 Å². The molecule has 1 atom stereocenters. The van der Waals surface area contributed by atoms with Gasteiger partial charge in [-0.15, -0.1) is 0 Å². The van der Waals surface area contributed by atoms with Crippen molar-refractivity contribution in [2.24, 2.45) is 0 Å². The van der Waals surface area contributed by atoms with Crippen LogP contribution >= 0.6 is 0 Å². The van der Waals surface area contributed by atoms with E-state index in [0.29, 0.717) is 39.3 Å². The maximum Gasteiger partial charge on any atom is 0.317 e. The summed E-state index contributed by atoms with van der Waals surface area (Å²) in [6.07, 6.45) is 38.9. The number of carboxylic acids is 3. The van der Waals surface area contributed by atoms with Crippen LogP contribution in [0.3, 0.4) is 0 Å². The smallest absolute Gasteiger partial charge is 0.317 e. The third-order valence-corrected chi connectivity index (χ3v) is 15.8. The molecule has 0 bridgehead atoms. The molecule has 0 spiro atoms. The lowest BCUT2D eigenvalue weighted by molar-refractivity contribution is -0.140. The van der Waals surface area contributed by atoms with Crippen LogP contribution < -0.4 is 0 Å². The molecule has 0 radical (unpaired) electrons. The van der Waals surface area contributed by atoms with E-state index >= 15 is 0 Å². The number of β-amino-alcohol motifs (C(OH)–C–C–N with tert-alkyl or cyclic N) is 1. The van der Waals surface area contributed by atoms with Gasteiger partial charge in [0, 0.05) is 72.0 Å². The number of hydrogen-bond donors (Lipinski definition) is 4. The maximum absolute atomic E-state index is 14.1. The summed E-state index contributed by atoms with van der Waals surface area (Å²) in [7, 11) is -3.80. The number of carbonyl (C=O) groups is 3. The Kier molecular flexibility index (Phi) is 41.4. The lowest BCUT2D eigenvalue weighted by Crippen LogP contribution is -2.50. The molecule has 1 saturated heterocycles. The lowest BCUT2D eigenvalue weighted by atomic mass is 10.0. The van der Waals surface area contributed by atoms with E-state index < -0.39 is 39.8 Å². The van der Waals surface area contributed by atoms with Crippen molar-refractivity contribution >= 4 is 27.9 Å². The number of aliphatic carboxylic acids is 3. The standard InChI is InChI=1S/C53H105N5O9S/c1-3-5-7-9-11-13-15-17-19-21-23-25-27-29-31-33-35-58(36-34-32-30-28-26-24-22-20-18-16-14-12-10-8-6-4-2)68(66,67)49-50(59)45-54-37-39-55(46-51(60)61)41-43-57(48-53(64)65)44-42-56(40-38-54)47-52(62)63/h50,59H,3-49H2,1-2H3,(H,60,61)(H,62,63)(H,64,65). The molecule has 1 aliphatic heterocycles. The Bertz CT molecular complexity index is 1260. The summed E-state index contributed by atoms with van der Waals surface area (Å²) in [6.45, 7) is 7.13. The van der Waals surface area contributed by atoms with Gasteiger partial charge in [0.2, 0.25) is 10.0 Å².